The van der Waals surface area contributed by atoms with Crippen LogP contribution in [0, 0.1) is 0 Å². The molecule has 0 fully saturated rings. The molecule has 2 N–H and O–H groups in total. The number of rotatable bonds is 5. The molecule has 4 aromatic rings. The first-order valence-electron chi connectivity index (χ1n) is 7.87. The first kappa shape index (κ1) is 17.7. The largest absolute Gasteiger partial charge is 0.336 e. The average molecular weight is 417 g/mol. The second-order valence-corrected chi connectivity index (χ2v) is 8.82. The van der Waals surface area contributed by atoms with Gasteiger partial charge in [-0.25, -0.2) is 18.4 Å². The number of sulfonamides is 1. The van der Waals surface area contributed by atoms with Crippen molar-refractivity contribution < 1.29 is 8.42 Å². The Hall–Kier alpha value is -2.68. The minimum Gasteiger partial charge on any atom is -0.336 e. The summed E-state index contributed by atoms with van der Waals surface area (Å²) in [5.41, 5.74) is 1.80. The summed E-state index contributed by atoms with van der Waals surface area (Å²) < 4.78 is 28.0. The van der Waals surface area contributed by atoms with Gasteiger partial charge in [0.2, 0.25) is 0 Å². The van der Waals surface area contributed by atoms with E-state index in [0.717, 1.165) is 11.3 Å². The summed E-state index contributed by atoms with van der Waals surface area (Å²) in [5.74, 6) is 0.365. The number of fused-ring (bicyclic) bond motifs is 1. The van der Waals surface area contributed by atoms with Gasteiger partial charge in [-0.1, -0.05) is 41.9 Å². The highest BCUT2D eigenvalue weighted by atomic mass is 35.5. The monoisotopic (exact) mass is 416 g/mol. The van der Waals surface area contributed by atoms with Gasteiger partial charge in [0.05, 0.1) is 21.7 Å². The smallest absolute Gasteiger partial charge is 0.272 e. The van der Waals surface area contributed by atoms with Crippen LogP contribution in [0.25, 0.3) is 11.0 Å². The number of benzene rings is 2. The van der Waals surface area contributed by atoms with E-state index in [9.17, 15) is 8.42 Å². The van der Waals surface area contributed by atoms with Crippen molar-refractivity contribution in [1.82, 2.24) is 9.97 Å². The second kappa shape index (κ2) is 7.15. The molecule has 4 rings (SSSR count). The first-order valence-corrected chi connectivity index (χ1v) is 10.6. The van der Waals surface area contributed by atoms with Crippen LogP contribution < -0.4 is 10.0 Å². The van der Waals surface area contributed by atoms with Crippen LogP contribution >= 0.6 is 22.9 Å². The highest BCUT2D eigenvalue weighted by molar-refractivity contribution is 7.94. The number of anilines is 3. The lowest BCUT2D eigenvalue weighted by Gasteiger charge is -2.14. The summed E-state index contributed by atoms with van der Waals surface area (Å²) in [6, 6.07) is 17.6. The van der Waals surface area contributed by atoms with Crippen LogP contribution in [0.1, 0.15) is 0 Å². The molecule has 0 aliphatic heterocycles. The van der Waals surface area contributed by atoms with Crippen molar-refractivity contribution in [2.45, 2.75) is 4.21 Å². The van der Waals surface area contributed by atoms with Gasteiger partial charge < -0.3 is 5.32 Å². The van der Waals surface area contributed by atoms with Crippen LogP contribution in [0.15, 0.2) is 70.3 Å². The first-order chi connectivity index (χ1) is 13.0. The predicted octanol–water partition coefficient (Wildman–Crippen LogP) is 4.89. The maximum Gasteiger partial charge on any atom is 0.272 e. The molecule has 0 bridgehead atoms. The fraction of sp³-hybridized carbons (Fsp3) is 0. The van der Waals surface area contributed by atoms with Gasteiger partial charge in [-0.15, -0.1) is 11.3 Å². The molecule has 136 valence electrons. The van der Waals surface area contributed by atoms with Gasteiger partial charge in [-0.2, -0.15) is 0 Å². The van der Waals surface area contributed by atoms with Crippen LogP contribution in [0.5, 0.6) is 0 Å². The molecule has 0 saturated heterocycles. The van der Waals surface area contributed by atoms with E-state index in [2.05, 4.69) is 20.0 Å². The summed E-state index contributed by atoms with van der Waals surface area (Å²) in [6.07, 6.45) is 0. The van der Waals surface area contributed by atoms with E-state index >= 15 is 0 Å². The zero-order chi connectivity index (χ0) is 18.9. The summed E-state index contributed by atoms with van der Waals surface area (Å²) in [6.45, 7) is 0. The van der Waals surface area contributed by atoms with Crippen LogP contribution in [0.2, 0.25) is 5.02 Å². The second-order valence-electron chi connectivity index (χ2n) is 5.55. The molecule has 0 saturated carbocycles. The van der Waals surface area contributed by atoms with Crippen molar-refractivity contribution in [3.05, 3.63) is 71.1 Å². The van der Waals surface area contributed by atoms with Crippen molar-refractivity contribution in [1.29, 1.82) is 0 Å². The maximum absolute atomic E-state index is 12.6. The van der Waals surface area contributed by atoms with Gasteiger partial charge in [0.15, 0.2) is 11.6 Å². The summed E-state index contributed by atoms with van der Waals surface area (Å²) in [4.78, 5) is 8.96. The van der Waals surface area contributed by atoms with Gasteiger partial charge in [-0.05, 0) is 35.7 Å². The van der Waals surface area contributed by atoms with E-state index in [0.29, 0.717) is 21.7 Å². The minimum absolute atomic E-state index is 0.0991. The molecular formula is C18H13ClN4O2S2. The lowest BCUT2D eigenvalue weighted by Crippen LogP contribution is -2.15. The fourth-order valence-corrected chi connectivity index (χ4v) is 4.63. The third-order valence-electron chi connectivity index (χ3n) is 3.69. The molecule has 0 atom stereocenters. The number of para-hydroxylation sites is 3. The Bertz CT molecular complexity index is 1210. The standard InChI is InChI=1S/C18H13ClN4O2S2/c19-12-6-1-2-7-13(12)20-17-18(22-15-9-4-3-8-14(15)21-17)23-27(24,25)16-10-5-11-26-16/h1-11H,(H,20,21)(H,22,23). The van der Waals surface area contributed by atoms with E-state index in [1.54, 1.807) is 41.8 Å². The summed E-state index contributed by atoms with van der Waals surface area (Å²) in [5, 5.41) is 5.26. The Labute approximate surface area is 164 Å². The van der Waals surface area contributed by atoms with Gasteiger partial charge >= 0.3 is 0 Å². The SMILES string of the molecule is O=S(=O)(Nc1nc2ccccc2nc1Nc1ccccc1Cl)c1cccs1. The molecule has 6 nitrogen and oxygen atoms in total. The van der Waals surface area contributed by atoms with E-state index < -0.39 is 10.0 Å². The number of aromatic nitrogens is 2. The molecule has 0 aliphatic rings. The summed E-state index contributed by atoms with van der Waals surface area (Å²) >= 11 is 7.34. The van der Waals surface area contributed by atoms with Crippen LogP contribution in [0.3, 0.4) is 0 Å². The molecule has 0 radical (unpaired) electrons. The number of halogens is 1. The van der Waals surface area contributed by atoms with Crippen molar-refractivity contribution in [2.24, 2.45) is 0 Å². The number of hydrogen-bond acceptors (Lipinski definition) is 6. The Morgan fingerprint density at radius 2 is 1.52 bits per heavy atom. The minimum atomic E-state index is -3.77. The molecule has 27 heavy (non-hydrogen) atoms. The van der Waals surface area contributed by atoms with E-state index in [4.69, 9.17) is 11.6 Å². The molecular weight excluding hydrogens is 404 g/mol. The van der Waals surface area contributed by atoms with Crippen molar-refractivity contribution >= 4 is 61.3 Å². The molecule has 0 spiro atoms. The van der Waals surface area contributed by atoms with Crippen LogP contribution in [-0.2, 0) is 10.0 Å². The van der Waals surface area contributed by atoms with Crippen LogP contribution in [0.4, 0.5) is 17.3 Å². The molecule has 2 heterocycles. The highest BCUT2D eigenvalue weighted by Crippen LogP contribution is 2.30. The van der Waals surface area contributed by atoms with Crippen molar-refractivity contribution in [3.63, 3.8) is 0 Å². The summed E-state index contributed by atoms with van der Waals surface area (Å²) in [7, 11) is -3.77. The molecule has 0 amide bonds. The van der Waals surface area contributed by atoms with Crippen molar-refractivity contribution in [2.75, 3.05) is 10.0 Å². The quantitative estimate of drug-likeness (QED) is 0.484. The predicted molar refractivity (Wildman–Crippen MR) is 109 cm³/mol. The van der Waals surface area contributed by atoms with Crippen molar-refractivity contribution in [3.8, 4) is 0 Å². The normalized spacial score (nSPS) is 11.4. The lowest BCUT2D eigenvalue weighted by molar-refractivity contribution is 0.603. The maximum atomic E-state index is 12.6. The number of nitrogens with zero attached hydrogens (tertiary/aromatic N) is 2. The zero-order valence-corrected chi connectivity index (χ0v) is 16.1. The number of thiophene rings is 1. The Morgan fingerprint density at radius 3 is 2.19 bits per heavy atom. The van der Waals surface area contributed by atoms with E-state index in [1.807, 2.05) is 18.2 Å². The van der Waals surface area contributed by atoms with E-state index in [1.165, 1.54) is 6.07 Å². The molecule has 0 unspecified atom stereocenters. The van der Waals surface area contributed by atoms with Crippen LogP contribution in [-0.4, -0.2) is 18.4 Å². The Kier molecular flexibility index (Phi) is 4.69. The zero-order valence-electron chi connectivity index (χ0n) is 13.8. The third kappa shape index (κ3) is 3.73. The van der Waals surface area contributed by atoms with Gasteiger partial charge in [0.1, 0.15) is 4.21 Å². The molecule has 2 aromatic heterocycles. The van der Waals surface area contributed by atoms with Gasteiger partial charge in [0.25, 0.3) is 10.0 Å². The number of nitrogens with one attached hydrogen (secondary N) is 2. The average Bonchev–Trinajstić information content (AvgIpc) is 3.19. The fourth-order valence-electron chi connectivity index (χ4n) is 2.44. The molecule has 2 aromatic carbocycles. The third-order valence-corrected chi connectivity index (χ3v) is 6.75. The molecule has 0 aliphatic carbocycles. The number of hydrogen-bond donors (Lipinski definition) is 2. The van der Waals surface area contributed by atoms with Gasteiger partial charge in [0, 0.05) is 0 Å². The highest BCUT2D eigenvalue weighted by Gasteiger charge is 2.20. The van der Waals surface area contributed by atoms with E-state index in [-0.39, 0.29) is 15.8 Å². The Morgan fingerprint density at radius 1 is 0.852 bits per heavy atom. The Balaban J connectivity index is 1.81. The lowest BCUT2D eigenvalue weighted by atomic mass is 10.3. The van der Waals surface area contributed by atoms with Gasteiger partial charge in [-0.3, -0.25) is 4.72 Å². The topological polar surface area (TPSA) is 84.0 Å². The molecule has 9 heteroatoms.